The van der Waals surface area contributed by atoms with E-state index in [4.69, 9.17) is 0 Å². The van der Waals surface area contributed by atoms with Gasteiger partial charge in [0.1, 0.15) is 17.5 Å². The zero-order valence-corrected chi connectivity index (χ0v) is 10.5. The van der Waals surface area contributed by atoms with Crippen molar-refractivity contribution in [1.82, 2.24) is 5.32 Å². The molecule has 2 rings (SSSR count). The Labute approximate surface area is 110 Å². The largest absolute Gasteiger partial charge is 0.313 e. The Kier molecular flexibility index (Phi) is 4.22. The van der Waals surface area contributed by atoms with Crippen LogP contribution in [0.1, 0.15) is 17.2 Å². The van der Waals surface area contributed by atoms with Gasteiger partial charge in [0.05, 0.1) is 0 Å². The average Bonchev–Trinajstić information content (AvgIpc) is 2.34. The van der Waals surface area contributed by atoms with Crippen molar-refractivity contribution < 1.29 is 13.2 Å². The van der Waals surface area contributed by atoms with Crippen molar-refractivity contribution in [2.24, 2.45) is 0 Å². The molecular formula is C15H14F3N. The standard InChI is InChI=1S/C15H14F3N/c1-19-15(11-3-2-4-12(16)8-11)7-10-5-13(17)9-14(18)6-10/h2-6,8-9,15,19H,7H2,1H3. The molecule has 0 aliphatic carbocycles. The van der Waals surface area contributed by atoms with Gasteiger partial charge in [-0.1, -0.05) is 12.1 Å². The Morgan fingerprint density at radius 1 is 0.947 bits per heavy atom. The maximum absolute atomic E-state index is 13.2. The second-order valence-corrected chi connectivity index (χ2v) is 4.38. The van der Waals surface area contributed by atoms with Crippen LogP contribution < -0.4 is 5.32 Å². The molecule has 2 aromatic carbocycles. The van der Waals surface area contributed by atoms with E-state index >= 15 is 0 Å². The minimum absolute atomic E-state index is 0.197. The molecule has 0 radical (unpaired) electrons. The number of hydrogen-bond donors (Lipinski definition) is 1. The monoisotopic (exact) mass is 265 g/mol. The van der Waals surface area contributed by atoms with Crippen molar-refractivity contribution in [3.05, 3.63) is 71.0 Å². The summed E-state index contributed by atoms with van der Waals surface area (Å²) in [5.41, 5.74) is 1.27. The zero-order valence-electron chi connectivity index (χ0n) is 10.5. The van der Waals surface area contributed by atoms with Gasteiger partial charge >= 0.3 is 0 Å². The summed E-state index contributed by atoms with van der Waals surface area (Å²) in [4.78, 5) is 0. The number of rotatable bonds is 4. The Bertz CT molecular complexity index is 549. The molecule has 0 aliphatic heterocycles. The van der Waals surface area contributed by atoms with E-state index in [2.05, 4.69) is 5.32 Å². The molecule has 1 N–H and O–H groups in total. The molecule has 2 aromatic rings. The number of likely N-dealkylation sites (N-methyl/N-ethyl adjacent to an activating group) is 1. The summed E-state index contributed by atoms with van der Waals surface area (Å²) in [6.07, 6.45) is 0.384. The highest BCUT2D eigenvalue weighted by molar-refractivity contribution is 5.25. The van der Waals surface area contributed by atoms with Gasteiger partial charge in [0.2, 0.25) is 0 Å². The Balaban J connectivity index is 2.23. The van der Waals surface area contributed by atoms with Crippen LogP contribution in [0.15, 0.2) is 42.5 Å². The van der Waals surface area contributed by atoms with Crippen LogP contribution in [0.25, 0.3) is 0 Å². The molecule has 0 saturated carbocycles. The number of halogens is 3. The van der Waals surface area contributed by atoms with Crippen molar-refractivity contribution in [3.8, 4) is 0 Å². The fraction of sp³-hybridized carbons (Fsp3) is 0.200. The molecule has 0 saturated heterocycles. The number of nitrogens with one attached hydrogen (secondary N) is 1. The van der Waals surface area contributed by atoms with Gasteiger partial charge in [0, 0.05) is 12.1 Å². The highest BCUT2D eigenvalue weighted by Crippen LogP contribution is 2.20. The van der Waals surface area contributed by atoms with E-state index in [9.17, 15) is 13.2 Å². The summed E-state index contributed by atoms with van der Waals surface area (Å²) in [5, 5.41) is 3.02. The molecule has 0 amide bonds. The first-order valence-corrected chi connectivity index (χ1v) is 5.96. The van der Waals surface area contributed by atoms with Crippen LogP contribution in [-0.2, 0) is 6.42 Å². The minimum Gasteiger partial charge on any atom is -0.313 e. The summed E-state index contributed by atoms with van der Waals surface area (Å²) in [7, 11) is 1.73. The van der Waals surface area contributed by atoms with Crippen LogP contribution >= 0.6 is 0 Å². The Hall–Kier alpha value is -1.81. The maximum atomic E-state index is 13.2. The van der Waals surface area contributed by atoms with Crippen LogP contribution in [0.2, 0.25) is 0 Å². The van der Waals surface area contributed by atoms with Crippen LogP contribution in [0, 0.1) is 17.5 Å². The molecule has 1 atom stereocenters. The topological polar surface area (TPSA) is 12.0 Å². The van der Waals surface area contributed by atoms with Gasteiger partial charge in [0.25, 0.3) is 0 Å². The lowest BCUT2D eigenvalue weighted by molar-refractivity contribution is 0.557. The third-order valence-electron chi connectivity index (χ3n) is 2.96. The van der Waals surface area contributed by atoms with E-state index in [1.165, 1.54) is 24.3 Å². The lowest BCUT2D eigenvalue weighted by atomic mass is 9.99. The minimum atomic E-state index is -0.607. The molecule has 19 heavy (non-hydrogen) atoms. The molecule has 4 heteroatoms. The van der Waals surface area contributed by atoms with Crippen molar-refractivity contribution in [2.75, 3.05) is 7.05 Å². The molecule has 0 fully saturated rings. The van der Waals surface area contributed by atoms with Gasteiger partial charge in [0.15, 0.2) is 0 Å². The maximum Gasteiger partial charge on any atom is 0.126 e. The van der Waals surface area contributed by atoms with Crippen LogP contribution in [0.4, 0.5) is 13.2 Å². The van der Waals surface area contributed by atoms with Crippen molar-refractivity contribution >= 4 is 0 Å². The predicted octanol–water partition coefficient (Wildman–Crippen LogP) is 3.61. The quantitative estimate of drug-likeness (QED) is 0.890. The first kappa shape index (κ1) is 13.6. The van der Waals surface area contributed by atoms with Gasteiger partial charge in [-0.05, 0) is 48.9 Å². The van der Waals surface area contributed by atoms with Gasteiger partial charge in [-0.3, -0.25) is 0 Å². The van der Waals surface area contributed by atoms with Crippen molar-refractivity contribution in [3.63, 3.8) is 0 Å². The fourth-order valence-corrected chi connectivity index (χ4v) is 2.07. The molecule has 0 aromatic heterocycles. The first-order valence-electron chi connectivity index (χ1n) is 5.96. The molecule has 0 spiro atoms. The molecule has 0 bridgehead atoms. The normalized spacial score (nSPS) is 12.4. The predicted molar refractivity (Wildman–Crippen MR) is 68.3 cm³/mol. The lowest BCUT2D eigenvalue weighted by Gasteiger charge is -2.17. The van der Waals surface area contributed by atoms with Gasteiger partial charge < -0.3 is 5.32 Å². The Morgan fingerprint density at radius 3 is 2.21 bits per heavy atom. The second-order valence-electron chi connectivity index (χ2n) is 4.38. The summed E-state index contributed by atoms with van der Waals surface area (Å²) in [5.74, 6) is -1.55. The van der Waals surface area contributed by atoms with E-state index in [0.717, 1.165) is 11.6 Å². The Morgan fingerprint density at radius 2 is 1.63 bits per heavy atom. The second kappa shape index (κ2) is 5.89. The first-order chi connectivity index (χ1) is 9.08. The number of hydrogen-bond acceptors (Lipinski definition) is 1. The van der Waals surface area contributed by atoms with E-state index in [-0.39, 0.29) is 11.9 Å². The summed E-state index contributed by atoms with van der Waals surface area (Å²) < 4.78 is 39.4. The average molecular weight is 265 g/mol. The summed E-state index contributed by atoms with van der Waals surface area (Å²) >= 11 is 0. The molecule has 100 valence electrons. The summed E-state index contributed by atoms with van der Waals surface area (Å²) in [6, 6.07) is 9.37. The SMILES string of the molecule is CNC(Cc1cc(F)cc(F)c1)c1cccc(F)c1. The van der Waals surface area contributed by atoms with E-state index in [0.29, 0.717) is 12.0 Å². The third-order valence-corrected chi connectivity index (χ3v) is 2.96. The van der Waals surface area contributed by atoms with Gasteiger partial charge in [-0.2, -0.15) is 0 Å². The van der Waals surface area contributed by atoms with Gasteiger partial charge in [-0.15, -0.1) is 0 Å². The number of benzene rings is 2. The van der Waals surface area contributed by atoms with Crippen LogP contribution in [0.3, 0.4) is 0 Å². The molecule has 0 aliphatic rings. The molecule has 1 nitrogen and oxygen atoms in total. The third kappa shape index (κ3) is 3.58. The van der Waals surface area contributed by atoms with Crippen molar-refractivity contribution in [1.29, 1.82) is 0 Å². The summed E-state index contributed by atoms with van der Waals surface area (Å²) in [6.45, 7) is 0. The van der Waals surface area contributed by atoms with E-state index < -0.39 is 11.6 Å². The van der Waals surface area contributed by atoms with E-state index in [1.54, 1.807) is 19.2 Å². The van der Waals surface area contributed by atoms with Crippen molar-refractivity contribution in [2.45, 2.75) is 12.5 Å². The fourth-order valence-electron chi connectivity index (χ4n) is 2.07. The highest BCUT2D eigenvalue weighted by Gasteiger charge is 2.12. The molecular weight excluding hydrogens is 251 g/mol. The molecule has 1 unspecified atom stereocenters. The lowest BCUT2D eigenvalue weighted by Crippen LogP contribution is -2.19. The highest BCUT2D eigenvalue weighted by atomic mass is 19.1. The zero-order chi connectivity index (χ0) is 13.8. The van der Waals surface area contributed by atoms with Crippen LogP contribution in [-0.4, -0.2) is 7.05 Å². The van der Waals surface area contributed by atoms with Gasteiger partial charge in [-0.25, -0.2) is 13.2 Å². The molecule has 0 heterocycles. The smallest absolute Gasteiger partial charge is 0.126 e. The van der Waals surface area contributed by atoms with Crippen LogP contribution in [0.5, 0.6) is 0 Å². The van der Waals surface area contributed by atoms with E-state index in [1.807, 2.05) is 0 Å².